The van der Waals surface area contributed by atoms with Crippen LogP contribution in [0.5, 0.6) is 0 Å². The molecule has 0 radical (unpaired) electrons. The summed E-state index contributed by atoms with van der Waals surface area (Å²) in [6.07, 6.45) is 2.90. The number of aryl methyl sites for hydroxylation is 1. The highest BCUT2D eigenvalue weighted by Gasteiger charge is 2.05. The minimum Gasteiger partial charge on any atom is -0.345 e. The number of anilines is 1. The first-order valence-electron chi connectivity index (χ1n) is 5.85. The smallest absolute Gasteiger partial charge is 0.226 e. The van der Waals surface area contributed by atoms with Crippen molar-refractivity contribution in [2.75, 3.05) is 5.32 Å². The number of benzene rings is 1. The van der Waals surface area contributed by atoms with Crippen molar-refractivity contribution in [2.45, 2.75) is 13.0 Å². The van der Waals surface area contributed by atoms with Crippen LogP contribution in [0.4, 0.5) is 5.69 Å². The third kappa shape index (κ3) is 3.79. The van der Waals surface area contributed by atoms with Crippen LogP contribution in [0.3, 0.4) is 0 Å². The lowest BCUT2D eigenvalue weighted by Crippen LogP contribution is -2.14. The van der Waals surface area contributed by atoms with Crippen molar-refractivity contribution in [1.29, 1.82) is 0 Å². The normalized spacial score (nSPS) is 10.2. The molecular formula is C14H13BrN2O2. The Kier molecular flexibility index (Phi) is 4.52. The van der Waals surface area contributed by atoms with Gasteiger partial charge in [-0.05, 0) is 36.4 Å². The zero-order chi connectivity index (χ0) is 13.7. The second kappa shape index (κ2) is 6.33. The molecule has 1 aromatic heterocycles. The number of hydrogen-bond donors (Lipinski definition) is 1. The maximum Gasteiger partial charge on any atom is 0.226 e. The number of carbonyl (C=O) groups excluding carboxylic acids is 2. The van der Waals surface area contributed by atoms with Gasteiger partial charge in [0, 0.05) is 29.3 Å². The van der Waals surface area contributed by atoms with Gasteiger partial charge in [0.1, 0.15) is 0 Å². The molecule has 19 heavy (non-hydrogen) atoms. The van der Waals surface area contributed by atoms with Gasteiger partial charge < -0.3 is 9.88 Å². The van der Waals surface area contributed by atoms with Crippen molar-refractivity contribution in [3.05, 3.63) is 52.8 Å². The first-order chi connectivity index (χ1) is 9.19. The third-order valence-electron chi connectivity index (χ3n) is 2.69. The Morgan fingerprint density at radius 2 is 2.00 bits per heavy atom. The molecule has 0 spiro atoms. The molecule has 5 heteroatoms. The molecule has 2 rings (SSSR count). The van der Waals surface area contributed by atoms with E-state index in [0.29, 0.717) is 18.7 Å². The maximum absolute atomic E-state index is 11.8. The molecule has 1 N–H and O–H groups in total. The highest BCUT2D eigenvalue weighted by atomic mass is 79.9. The quantitative estimate of drug-likeness (QED) is 0.861. The van der Waals surface area contributed by atoms with Crippen LogP contribution in [0.2, 0.25) is 0 Å². The zero-order valence-electron chi connectivity index (χ0n) is 10.2. The van der Waals surface area contributed by atoms with Crippen molar-refractivity contribution < 1.29 is 9.59 Å². The Morgan fingerprint density at radius 1 is 1.26 bits per heavy atom. The Hall–Kier alpha value is -1.88. The van der Waals surface area contributed by atoms with Crippen LogP contribution in [0.25, 0.3) is 0 Å². The predicted octanol–water partition coefficient (Wildman–Crippen LogP) is 3.09. The fourth-order valence-electron chi connectivity index (χ4n) is 1.72. The van der Waals surface area contributed by atoms with Crippen LogP contribution < -0.4 is 5.32 Å². The van der Waals surface area contributed by atoms with Gasteiger partial charge >= 0.3 is 0 Å². The molecule has 1 amide bonds. The SMILES string of the molecule is O=Cc1cccn1CCC(=O)Nc1ccc(Br)cc1. The first-order valence-corrected chi connectivity index (χ1v) is 6.64. The van der Waals surface area contributed by atoms with Gasteiger partial charge in [0.25, 0.3) is 0 Å². The summed E-state index contributed by atoms with van der Waals surface area (Å²) >= 11 is 3.34. The summed E-state index contributed by atoms with van der Waals surface area (Å²) in [6, 6.07) is 10.9. The monoisotopic (exact) mass is 320 g/mol. The van der Waals surface area contributed by atoms with E-state index in [9.17, 15) is 9.59 Å². The predicted molar refractivity (Wildman–Crippen MR) is 77.2 cm³/mol. The van der Waals surface area contributed by atoms with E-state index < -0.39 is 0 Å². The van der Waals surface area contributed by atoms with Crippen molar-refractivity contribution in [2.24, 2.45) is 0 Å². The minimum atomic E-state index is -0.0760. The van der Waals surface area contributed by atoms with Gasteiger partial charge in [-0.3, -0.25) is 9.59 Å². The van der Waals surface area contributed by atoms with E-state index in [1.807, 2.05) is 24.3 Å². The highest BCUT2D eigenvalue weighted by molar-refractivity contribution is 9.10. The van der Waals surface area contributed by atoms with Crippen molar-refractivity contribution in [3.63, 3.8) is 0 Å². The molecule has 0 unspecified atom stereocenters. The van der Waals surface area contributed by atoms with Gasteiger partial charge in [0.05, 0.1) is 5.69 Å². The van der Waals surface area contributed by atoms with Gasteiger partial charge in [-0.25, -0.2) is 0 Å². The molecule has 0 saturated heterocycles. The molecule has 1 heterocycles. The molecule has 0 atom stereocenters. The number of nitrogens with one attached hydrogen (secondary N) is 1. The van der Waals surface area contributed by atoms with Gasteiger partial charge in [-0.15, -0.1) is 0 Å². The lowest BCUT2D eigenvalue weighted by Gasteiger charge is -2.07. The molecule has 1 aromatic carbocycles. The Labute approximate surface area is 119 Å². The highest BCUT2D eigenvalue weighted by Crippen LogP contribution is 2.14. The summed E-state index contributed by atoms with van der Waals surface area (Å²) in [4.78, 5) is 22.5. The second-order valence-electron chi connectivity index (χ2n) is 4.05. The summed E-state index contributed by atoms with van der Waals surface area (Å²) in [7, 11) is 0. The van der Waals surface area contributed by atoms with Crippen LogP contribution in [-0.4, -0.2) is 16.8 Å². The third-order valence-corrected chi connectivity index (χ3v) is 3.22. The first kappa shape index (κ1) is 13.5. The zero-order valence-corrected chi connectivity index (χ0v) is 11.8. The number of halogens is 1. The van der Waals surface area contributed by atoms with E-state index in [1.165, 1.54) is 0 Å². The average molecular weight is 321 g/mol. The number of amides is 1. The molecule has 0 aliphatic rings. The number of rotatable bonds is 5. The van der Waals surface area contributed by atoms with Crippen LogP contribution in [0.15, 0.2) is 47.1 Å². The van der Waals surface area contributed by atoms with E-state index >= 15 is 0 Å². The molecule has 98 valence electrons. The summed E-state index contributed by atoms with van der Waals surface area (Å²) in [5.74, 6) is -0.0760. The van der Waals surface area contributed by atoms with Crippen molar-refractivity contribution in [3.8, 4) is 0 Å². The number of aromatic nitrogens is 1. The molecular weight excluding hydrogens is 308 g/mol. The van der Waals surface area contributed by atoms with Crippen LogP contribution in [0, 0.1) is 0 Å². The van der Waals surface area contributed by atoms with E-state index in [0.717, 1.165) is 16.4 Å². The van der Waals surface area contributed by atoms with Gasteiger partial charge in [-0.2, -0.15) is 0 Å². The molecule has 0 saturated carbocycles. The lowest BCUT2D eigenvalue weighted by molar-refractivity contribution is -0.116. The summed E-state index contributed by atoms with van der Waals surface area (Å²) in [5.41, 5.74) is 1.34. The Balaban J connectivity index is 1.88. The Bertz CT molecular complexity index is 575. The topological polar surface area (TPSA) is 51.1 Å². The van der Waals surface area contributed by atoms with Crippen LogP contribution >= 0.6 is 15.9 Å². The van der Waals surface area contributed by atoms with Gasteiger partial charge in [-0.1, -0.05) is 15.9 Å². The molecule has 0 aliphatic carbocycles. The molecule has 0 fully saturated rings. The fourth-order valence-corrected chi connectivity index (χ4v) is 1.98. The molecule has 2 aromatic rings. The van der Waals surface area contributed by atoms with E-state index in [1.54, 1.807) is 22.9 Å². The number of aldehydes is 1. The fraction of sp³-hybridized carbons (Fsp3) is 0.143. The number of nitrogens with zero attached hydrogens (tertiary/aromatic N) is 1. The maximum atomic E-state index is 11.8. The summed E-state index contributed by atoms with van der Waals surface area (Å²) < 4.78 is 2.72. The van der Waals surface area contributed by atoms with E-state index in [2.05, 4.69) is 21.2 Å². The van der Waals surface area contributed by atoms with Crippen LogP contribution in [0.1, 0.15) is 16.9 Å². The van der Waals surface area contributed by atoms with Gasteiger partial charge in [0.2, 0.25) is 5.91 Å². The van der Waals surface area contributed by atoms with Gasteiger partial charge in [0.15, 0.2) is 6.29 Å². The number of hydrogen-bond acceptors (Lipinski definition) is 2. The Morgan fingerprint density at radius 3 is 2.68 bits per heavy atom. The molecule has 4 nitrogen and oxygen atoms in total. The summed E-state index contributed by atoms with van der Waals surface area (Å²) in [5, 5.41) is 2.81. The second-order valence-corrected chi connectivity index (χ2v) is 4.97. The number of carbonyl (C=O) groups is 2. The van der Waals surface area contributed by atoms with E-state index in [4.69, 9.17) is 0 Å². The standard InChI is InChI=1S/C14H13BrN2O2/c15-11-3-5-12(6-4-11)16-14(19)7-9-17-8-1-2-13(17)10-18/h1-6,8,10H,7,9H2,(H,16,19). The molecule has 0 bridgehead atoms. The average Bonchev–Trinajstić information content (AvgIpc) is 2.86. The van der Waals surface area contributed by atoms with Crippen molar-refractivity contribution in [1.82, 2.24) is 4.57 Å². The molecule has 0 aliphatic heterocycles. The lowest BCUT2D eigenvalue weighted by atomic mass is 10.3. The minimum absolute atomic E-state index is 0.0760. The van der Waals surface area contributed by atoms with E-state index in [-0.39, 0.29) is 5.91 Å². The largest absolute Gasteiger partial charge is 0.345 e. The van der Waals surface area contributed by atoms with Crippen LogP contribution in [-0.2, 0) is 11.3 Å². The summed E-state index contributed by atoms with van der Waals surface area (Å²) in [6.45, 7) is 0.490. The van der Waals surface area contributed by atoms with Crippen molar-refractivity contribution >= 4 is 33.8 Å².